The van der Waals surface area contributed by atoms with Gasteiger partial charge in [0.05, 0.1) is 21.2 Å². The molecule has 0 spiro atoms. The molecule has 2 aromatic carbocycles. The van der Waals surface area contributed by atoms with E-state index in [9.17, 15) is 21.6 Å². The molecule has 0 bridgehead atoms. The van der Waals surface area contributed by atoms with Gasteiger partial charge in [0, 0.05) is 37.0 Å². The van der Waals surface area contributed by atoms with Crippen LogP contribution in [0.4, 0.5) is 11.4 Å². The number of thioether (sulfide) groups is 1. The molecule has 2 aromatic rings. The third kappa shape index (κ3) is 6.36. The Labute approximate surface area is 212 Å². The Morgan fingerprint density at radius 1 is 1.00 bits per heavy atom. The van der Waals surface area contributed by atoms with E-state index in [-0.39, 0.29) is 27.3 Å². The topological polar surface area (TPSA) is 116 Å². The zero-order chi connectivity index (χ0) is 26.0. The molecule has 0 aromatic heterocycles. The van der Waals surface area contributed by atoms with E-state index in [1.54, 1.807) is 32.9 Å². The van der Waals surface area contributed by atoms with E-state index >= 15 is 0 Å². The van der Waals surface area contributed by atoms with Gasteiger partial charge in [-0.2, -0.15) is 4.31 Å². The molecule has 0 radical (unpaired) electrons. The zero-order valence-electron chi connectivity index (χ0n) is 20.5. The van der Waals surface area contributed by atoms with Gasteiger partial charge in [0.2, 0.25) is 15.9 Å². The van der Waals surface area contributed by atoms with Crippen LogP contribution in [-0.2, 0) is 24.8 Å². The molecule has 1 aliphatic heterocycles. The van der Waals surface area contributed by atoms with Crippen molar-refractivity contribution in [1.29, 1.82) is 0 Å². The van der Waals surface area contributed by atoms with Gasteiger partial charge in [-0.15, -0.1) is 11.8 Å². The normalized spacial score (nSPS) is 15.8. The summed E-state index contributed by atoms with van der Waals surface area (Å²) >= 11 is 1.39. The monoisotopic (exact) mass is 540 g/mol. The van der Waals surface area contributed by atoms with Crippen molar-refractivity contribution < 1.29 is 21.6 Å². The minimum atomic E-state index is -4.05. The number of amides is 1. The number of piperazine rings is 1. The number of nitrogens with zero attached hydrogens (tertiary/aromatic N) is 2. The standard InChI is InChI=1S/C23H32N4O5S3/c1-16(2)23(28)24-20-15-19(8-9-21(20)33-5)34(29,30)25-18-7-6-17(3)22(14-18)35(31,32)27-12-10-26(4)11-13-27/h6-9,14-16,25H,10-13H2,1-5H3,(H,24,28). The molecule has 192 valence electrons. The Kier molecular flexibility index (Phi) is 8.53. The number of nitrogens with one attached hydrogen (secondary N) is 2. The number of carbonyl (C=O) groups excluding carboxylic acids is 1. The summed E-state index contributed by atoms with van der Waals surface area (Å²) < 4.78 is 56.8. The van der Waals surface area contributed by atoms with E-state index in [2.05, 4.69) is 14.9 Å². The molecule has 1 amide bonds. The maximum Gasteiger partial charge on any atom is 0.261 e. The van der Waals surface area contributed by atoms with Crippen LogP contribution in [0.25, 0.3) is 0 Å². The van der Waals surface area contributed by atoms with E-state index < -0.39 is 20.0 Å². The van der Waals surface area contributed by atoms with Crippen LogP contribution in [-0.4, -0.2) is 71.4 Å². The summed E-state index contributed by atoms with van der Waals surface area (Å²) in [5, 5.41) is 2.77. The second-order valence-corrected chi connectivity index (χ2v) is 13.2. The summed E-state index contributed by atoms with van der Waals surface area (Å²) in [5.41, 5.74) is 1.08. The van der Waals surface area contributed by atoms with Gasteiger partial charge >= 0.3 is 0 Å². The Balaban J connectivity index is 1.91. The lowest BCUT2D eigenvalue weighted by Crippen LogP contribution is -2.47. The molecule has 2 N–H and O–H groups in total. The molecule has 0 saturated carbocycles. The van der Waals surface area contributed by atoms with Crippen LogP contribution in [0.5, 0.6) is 0 Å². The van der Waals surface area contributed by atoms with E-state index in [0.717, 1.165) is 4.90 Å². The number of carbonyl (C=O) groups is 1. The van der Waals surface area contributed by atoms with Crippen LogP contribution >= 0.6 is 11.8 Å². The summed E-state index contributed by atoms with van der Waals surface area (Å²) in [6.45, 7) is 7.20. The number of likely N-dealkylation sites (N-methyl/N-ethyl adjacent to an activating group) is 1. The van der Waals surface area contributed by atoms with Gasteiger partial charge in [0.25, 0.3) is 10.0 Å². The maximum atomic E-state index is 13.3. The largest absolute Gasteiger partial charge is 0.325 e. The van der Waals surface area contributed by atoms with Crippen LogP contribution in [0.1, 0.15) is 19.4 Å². The Morgan fingerprint density at radius 3 is 2.26 bits per heavy atom. The van der Waals surface area contributed by atoms with E-state index in [1.807, 2.05) is 13.3 Å². The second kappa shape index (κ2) is 10.9. The number of hydrogen-bond acceptors (Lipinski definition) is 7. The predicted octanol–water partition coefficient (Wildman–Crippen LogP) is 3.05. The number of rotatable bonds is 8. The third-order valence-electron chi connectivity index (χ3n) is 5.78. The predicted molar refractivity (Wildman–Crippen MR) is 140 cm³/mol. The lowest BCUT2D eigenvalue weighted by atomic mass is 10.2. The first-order chi connectivity index (χ1) is 16.3. The Bertz CT molecular complexity index is 1300. The van der Waals surface area contributed by atoms with Gasteiger partial charge < -0.3 is 10.2 Å². The number of sulfonamides is 2. The maximum absolute atomic E-state index is 13.3. The Morgan fingerprint density at radius 2 is 1.66 bits per heavy atom. The minimum Gasteiger partial charge on any atom is -0.325 e. The van der Waals surface area contributed by atoms with E-state index in [1.165, 1.54) is 40.3 Å². The molecule has 1 fully saturated rings. The van der Waals surface area contributed by atoms with Crippen molar-refractivity contribution in [3.63, 3.8) is 0 Å². The fourth-order valence-electron chi connectivity index (χ4n) is 3.55. The third-order valence-corrected chi connectivity index (χ3v) is 10.00. The number of anilines is 2. The SMILES string of the molecule is CSc1ccc(S(=O)(=O)Nc2ccc(C)c(S(=O)(=O)N3CCN(C)CC3)c2)cc1NC(=O)C(C)C. The highest BCUT2D eigenvalue weighted by molar-refractivity contribution is 7.98. The quantitative estimate of drug-likeness (QED) is 0.495. The van der Waals surface area contributed by atoms with Crippen LogP contribution in [0.3, 0.4) is 0 Å². The molecule has 0 aliphatic carbocycles. The number of hydrogen-bond donors (Lipinski definition) is 2. The fourth-order valence-corrected chi connectivity index (χ4v) is 6.83. The smallest absolute Gasteiger partial charge is 0.261 e. The van der Waals surface area contributed by atoms with Gasteiger partial charge in [-0.1, -0.05) is 19.9 Å². The highest BCUT2D eigenvalue weighted by Gasteiger charge is 2.29. The van der Waals surface area contributed by atoms with Gasteiger partial charge in [-0.3, -0.25) is 9.52 Å². The van der Waals surface area contributed by atoms with Crippen molar-refractivity contribution in [3.05, 3.63) is 42.0 Å². The molecule has 3 rings (SSSR count). The first-order valence-corrected chi connectivity index (χ1v) is 15.3. The van der Waals surface area contributed by atoms with Gasteiger partial charge in [-0.25, -0.2) is 16.8 Å². The molecular formula is C23H32N4O5S3. The minimum absolute atomic E-state index is 0.0431. The van der Waals surface area contributed by atoms with Crippen LogP contribution < -0.4 is 10.0 Å². The first kappa shape index (κ1) is 27.5. The first-order valence-electron chi connectivity index (χ1n) is 11.2. The number of aryl methyl sites for hydroxylation is 1. The molecule has 1 aliphatic rings. The zero-order valence-corrected chi connectivity index (χ0v) is 23.0. The summed E-state index contributed by atoms with van der Waals surface area (Å²) in [6.07, 6.45) is 1.83. The summed E-state index contributed by atoms with van der Waals surface area (Å²) in [5.74, 6) is -0.489. The molecule has 9 nitrogen and oxygen atoms in total. The van der Waals surface area contributed by atoms with Gasteiger partial charge in [-0.05, 0) is 56.1 Å². The van der Waals surface area contributed by atoms with Crippen molar-refractivity contribution in [3.8, 4) is 0 Å². The van der Waals surface area contributed by atoms with Crippen molar-refractivity contribution in [1.82, 2.24) is 9.21 Å². The molecule has 35 heavy (non-hydrogen) atoms. The molecule has 0 atom stereocenters. The molecule has 12 heteroatoms. The summed E-state index contributed by atoms with van der Waals surface area (Å²) in [4.78, 5) is 15.0. The average Bonchev–Trinajstić information content (AvgIpc) is 2.80. The highest BCUT2D eigenvalue weighted by Crippen LogP contribution is 2.30. The van der Waals surface area contributed by atoms with Crippen molar-refractivity contribution in [2.45, 2.75) is 35.5 Å². The molecular weight excluding hydrogens is 508 g/mol. The van der Waals surface area contributed by atoms with Crippen molar-refractivity contribution in [2.24, 2.45) is 5.92 Å². The van der Waals surface area contributed by atoms with Crippen molar-refractivity contribution >= 4 is 49.1 Å². The van der Waals surface area contributed by atoms with Crippen LogP contribution in [0.2, 0.25) is 0 Å². The molecule has 1 heterocycles. The molecule has 1 saturated heterocycles. The van der Waals surface area contributed by atoms with Gasteiger partial charge in [0.15, 0.2) is 0 Å². The van der Waals surface area contributed by atoms with E-state index in [0.29, 0.717) is 37.4 Å². The fraction of sp³-hybridized carbons (Fsp3) is 0.435. The lowest BCUT2D eigenvalue weighted by molar-refractivity contribution is -0.118. The van der Waals surface area contributed by atoms with Crippen LogP contribution in [0.15, 0.2) is 51.1 Å². The average molecular weight is 541 g/mol. The van der Waals surface area contributed by atoms with Crippen LogP contribution in [0, 0.1) is 12.8 Å². The van der Waals surface area contributed by atoms with Crippen molar-refractivity contribution in [2.75, 3.05) is 49.5 Å². The Hall–Kier alpha value is -2.12. The van der Waals surface area contributed by atoms with Gasteiger partial charge in [0.1, 0.15) is 0 Å². The second-order valence-electron chi connectivity index (χ2n) is 8.80. The summed E-state index contributed by atoms with van der Waals surface area (Å²) in [6, 6.07) is 8.98. The lowest BCUT2D eigenvalue weighted by Gasteiger charge is -2.32. The highest BCUT2D eigenvalue weighted by atomic mass is 32.2. The van der Waals surface area contributed by atoms with E-state index in [4.69, 9.17) is 0 Å². The number of benzene rings is 2. The summed E-state index contributed by atoms with van der Waals surface area (Å²) in [7, 11) is -5.88. The molecule has 0 unspecified atom stereocenters.